The topological polar surface area (TPSA) is 85.4 Å². The quantitative estimate of drug-likeness (QED) is 0.643. The lowest BCUT2D eigenvalue weighted by molar-refractivity contribution is 0.103. The Morgan fingerprint density at radius 2 is 1.68 bits per heavy atom. The summed E-state index contributed by atoms with van der Waals surface area (Å²) in [6.45, 7) is 0. The number of aromatic nitrogens is 1. The van der Waals surface area contributed by atoms with Gasteiger partial charge in [0.2, 0.25) is 0 Å². The smallest absolute Gasteiger partial charge is 0.267 e. The predicted molar refractivity (Wildman–Crippen MR) is 108 cm³/mol. The number of nitrogens with one attached hydrogen (secondary N) is 1. The minimum atomic E-state index is -3.23. The molecule has 0 spiro atoms. The maximum absolute atomic E-state index is 12.3. The molecular formula is C20H18N2O4S2. The van der Waals surface area contributed by atoms with E-state index >= 15 is 0 Å². The fraction of sp³-hybridized carbons (Fsp3) is 0.200. The summed E-state index contributed by atoms with van der Waals surface area (Å²) >= 11 is 1.45. The summed E-state index contributed by atoms with van der Waals surface area (Å²) in [5.41, 5.74) is 0.658. The number of ether oxygens (including phenoxy) is 1. The van der Waals surface area contributed by atoms with Crippen molar-refractivity contribution in [1.29, 1.82) is 0 Å². The van der Waals surface area contributed by atoms with Crippen LogP contribution in [0, 0.1) is 0 Å². The maximum Gasteiger partial charge on any atom is 0.267 e. The minimum absolute atomic E-state index is 0.172. The van der Waals surface area contributed by atoms with Gasteiger partial charge in [-0.1, -0.05) is 0 Å². The number of benzene rings is 2. The first-order valence-electron chi connectivity index (χ1n) is 8.73. The van der Waals surface area contributed by atoms with Crippen molar-refractivity contribution in [3.05, 3.63) is 64.6 Å². The molecule has 144 valence electrons. The molecule has 1 aromatic heterocycles. The Balaban J connectivity index is 1.38. The van der Waals surface area contributed by atoms with Crippen LogP contribution in [0.25, 0.3) is 0 Å². The lowest BCUT2D eigenvalue weighted by Gasteiger charge is -2.08. The average molecular weight is 415 g/mol. The molecule has 0 aliphatic heterocycles. The van der Waals surface area contributed by atoms with Crippen molar-refractivity contribution in [2.75, 3.05) is 11.6 Å². The first-order chi connectivity index (χ1) is 13.4. The Bertz CT molecular complexity index is 1100. The molecule has 0 unspecified atom stereocenters. The van der Waals surface area contributed by atoms with E-state index < -0.39 is 9.84 Å². The molecule has 1 aliphatic carbocycles. The largest absolute Gasteiger partial charge is 0.457 e. The van der Waals surface area contributed by atoms with E-state index in [0.29, 0.717) is 28.0 Å². The Labute approximate surface area is 167 Å². The van der Waals surface area contributed by atoms with E-state index in [9.17, 15) is 13.2 Å². The SMILES string of the molecule is CS(=O)(=O)c1ccc(Oc2ccc(NC(=O)c3cnc(C4CC4)s3)cc2)cc1. The van der Waals surface area contributed by atoms with Gasteiger partial charge in [0.15, 0.2) is 9.84 Å². The summed E-state index contributed by atoms with van der Waals surface area (Å²) in [5, 5.41) is 3.89. The summed E-state index contributed by atoms with van der Waals surface area (Å²) in [4.78, 5) is 17.5. The number of hydrogen-bond acceptors (Lipinski definition) is 6. The monoisotopic (exact) mass is 414 g/mol. The third kappa shape index (κ3) is 4.40. The van der Waals surface area contributed by atoms with Crippen LogP contribution in [-0.4, -0.2) is 25.6 Å². The lowest BCUT2D eigenvalue weighted by Crippen LogP contribution is -2.09. The molecule has 8 heteroatoms. The molecule has 0 radical (unpaired) electrons. The number of rotatable bonds is 6. The van der Waals surface area contributed by atoms with Crippen molar-refractivity contribution in [1.82, 2.24) is 4.98 Å². The molecule has 0 saturated heterocycles. The van der Waals surface area contributed by atoms with Gasteiger partial charge in [-0.2, -0.15) is 0 Å². The van der Waals surface area contributed by atoms with E-state index in [0.717, 1.165) is 24.1 Å². The van der Waals surface area contributed by atoms with Gasteiger partial charge in [0.05, 0.1) is 16.1 Å². The van der Waals surface area contributed by atoms with Crippen LogP contribution in [0.5, 0.6) is 11.5 Å². The zero-order chi connectivity index (χ0) is 19.7. The van der Waals surface area contributed by atoms with Gasteiger partial charge in [-0.15, -0.1) is 11.3 Å². The third-order valence-corrected chi connectivity index (χ3v) is 6.56. The van der Waals surface area contributed by atoms with Crippen molar-refractivity contribution in [3.8, 4) is 11.5 Å². The fourth-order valence-corrected chi connectivity index (χ4v) is 4.21. The van der Waals surface area contributed by atoms with Gasteiger partial charge in [0.1, 0.15) is 16.4 Å². The molecule has 1 aliphatic rings. The van der Waals surface area contributed by atoms with Crippen LogP contribution >= 0.6 is 11.3 Å². The van der Waals surface area contributed by atoms with Crippen LogP contribution < -0.4 is 10.1 Å². The molecule has 2 aromatic carbocycles. The number of amides is 1. The van der Waals surface area contributed by atoms with E-state index in [-0.39, 0.29) is 10.8 Å². The second kappa shape index (κ2) is 7.37. The highest BCUT2D eigenvalue weighted by Crippen LogP contribution is 2.41. The number of carbonyl (C=O) groups excluding carboxylic acids is 1. The molecular weight excluding hydrogens is 396 g/mol. The first-order valence-corrected chi connectivity index (χ1v) is 11.4. The highest BCUT2D eigenvalue weighted by Gasteiger charge is 2.27. The second-order valence-electron chi connectivity index (χ2n) is 6.66. The summed E-state index contributed by atoms with van der Waals surface area (Å²) in [5.74, 6) is 1.48. The molecule has 6 nitrogen and oxygen atoms in total. The van der Waals surface area contributed by atoms with Gasteiger partial charge in [0, 0.05) is 17.9 Å². The summed E-state index contributed by atoms with van der Waals surface area (Å²) in [6, 6.07) is 13.2. The van der Waals surface area contributed by atoms with Crippen molar-refractivity contribution in [2.45, 2.75) is 23.7 Å². The fourth-order valence-electron chi connectivity index (χ4n) is 2.60. The second-order valence-corrected chi connectivity index (χ2v) is 9.74. The number of carbonyl (C=O) groups is 1. The molecule has 1 heterocycles. The summed E-state index contributed by atoms with van der Waals surface area (Å²) < 4.78 is 28.7. The average Bonchev–Trinajstić information content (AvgIpc) is 3.39. The zero-order valence-electron chi connectivity index (χ0n) is 15.1. The summed E-state index contributed by atoms with van der Waals surface area (Å²) in [7, 11) is -3.23. The lowest BCUT2D eigenvalue weighted by atomic mass is 10.3. The van der Waals surface area contributed by atoms with Gasteiger partial charge in [-0.25, -0.2) is 13.4 Å². The molecule has 3 aromatic rings. The van der Waals surface area contributed by atoms with E-state index in [4.69, 9.17) is 4.74 Å². The molecule has 1 fully saturated rings. The van der Waals surface area contributed by atoms with Gasteiger partial charge in [-0.3, -0.25) is 4.79 Å². The third-order valence-electron chi connectivity index (χ3n) is 4.27. The Kier molecular flexibility index (Phi) is 4.91. The van der Waals surface area contributed by atoms with Gasteiger partial charge >= 0.3 is 0 Å². The zero-order valence-corrected chi connectivity index (χ0v) is 16.7. The number of sulfone groups is 1. The van der Waals surface area contributed by atoms with Crippen molar-refractivity contribution in [2.24, 2.45) is 0 Å². The molecule has 1 N–H and O–H groups in total. The van der Waals surface area contributed by atoms with Crippen LogP contribution in [-0.2, 0) is 9.84 Å². The molecule has 1 saturated carbocycles. The standard InChI is InChI=1S/C20H18N2O4S2/c1-28(24,25)17-10-8-16(9-11-17)26-15-6-4-14(5-7-15)22-19(23)18-12-21-20(27-18)13-2-3-13/h4-13H,2-3H2,1H3,(H,22,23). The van der Waals surface area contributed by atoms with Gasteiger partial charge in [0.25, 0.3) is 5.91 Å². The summed E-state index contributed by atoms with van der Waals surface area (Å²) in [6.07, 6.45) is 5.11. The van der Waals surface area contributed by atoms with Crippen LogP contribution in [0.2, 0.25) is 0 Å². The van der Waals surface area contributed by atoms with Crippen LogP contribution in [0.4, 0.5) is 5.69 Å². The molecule has 1 amide bonds. The van der Waals surface area contributed by atoms with E-state index in [2.05, 4.69) is 10.3 Å². The maximum atomic E-state index is 12.3. The van der Waals surface area contributed by atoms with E-state index in [1.54, 1.807) is 42.6 Å². The Morgan fingerprint density at radius 1 is 1.07 bits per heavy atom. The molecule has 4 rings (SSSR count). The normalized spacial score (nSPS) is 13.9. The Hall–Kier alpha value is -2.71. The molecule has 28 heavy (non-hydrogen) atoms. The van der Waals surface area contributed by atoms with Crippen LogP contribution in [0.1, 0.15) is 33.4 Å². The minimum Gasteiger partial charge on any atom is -0.457 e. The number of anilines is 1. The van der Waals surface area contributed by atoms with Gasteiger partial charge < -0.3 is 10.1 Å². The Morgan fingerprint density at radius 3 is 2.25 bits per heavy atom. The number of hydrogen-bond donors (Lipinski definition) is 1. The molecule has 0 atom stereocenters. The van der Waals surface area contributed by atoms with Crippen molar-refractivity contribution < 1.29 is 17.9 Å². The highest BCUT2D eigenvalue weighted by molar-refractivity contribution is 7.90. The number of nitrogens with zero attached hydrogens (tertiary/aromatic N) is 1. The predicted octanol–water partition coefficient (Wildman–Crippen LogP) is 4.47. The van der Waals surface area contributed by atoms with E-state index in [1.807, 2.05) is 0 Å². The van der Waals surface area contributed by atoms with Crippen LogP contribution in [0.3, 0.4) is 0 Å². The van der Waals surface area contributed by atoms with Crippen molar-refractivity contribution in [3.63, 3.8) is 0 Å². The van der Waals surface area contributed by atoms with E-state index in [1.165, 1.54) is 23.5 Å². The highest BCUT2D eigenvalue weighted by atomic mass is 32.2. The van der Waals surface area contributed by atoms with Crippen LogP contribution in [0.15, 0.2) is 59.6 Å². The molecule has 0 bridgehead atoms. The van der Waals surface area contributed by atoms with Gasteiger partial charge in [-0.05, 0) is 61.4 Å². The first kappa shape index (κ1) is 18.6. The number of thiazole rings is 1. The van der Waals surface area contributed by atoms with Crippen molar-refractivity contribution >= 4 is 32.8 Å².